The summed E-state index contributed by atoms with van der Waals surface area (Å²) in [5, 5.41) is 3.53. The largest absolute Gasteiger partial charge is 0.340 e. The second-order valence-corrected chi connectivity index (χ2v) is 6.89. The van der Waals surface area contributed by atoms with E-state index in [4.69, 9.17) is 4.99 Å². The van der Waals surface area contributed by atoms with Crippen molar-refractivity contribution in [2.45, 2.75) is 33.6 Å². The van der Waals surface area contributed by atoms with Gasteiger partial charge < -0.3 is 5.32 Å². The standard InChI is InChI=1S/C25H27N3/c1-4-5-12-24(21-10-8-17-26-18-21)28-25(23-11-7-6-9-20(23)3)27-22-15-13-19(2)14-16-22/h6-18H,4-5H2,1-3H3,(H,27,28)/b24-12+. The zero-order valence-corrected chi connectivity index (χ0v) is 16.8. The molecule has 0 saturated heterocycles. The maximum absolute atomic E-state index is 5.06. The Kier molecular flexibility index (Phi) is 6.74. The first kappa shape index (κ1) is 19.6. The van der Waals surface area contributed by atoms with Gasteiger partial charge in [-0.2, -0.15) is 0 Å². The van der Waals surface area contributed by atoms with Crippen LogP contribution in [0.1, 0.15) is 42.0 Å². The van der Waals surface area contributed by atoms with Crippen molar-refractivity contribution in [1.29, 1.82) is 0 Å². The van der Waals surface area contributed by atoms with Crippen molar-refractivity contribution in [2.24, 2.45) is 4.99 Å². The highest BCUT2D eigenvalue weighted by atomic mass is 15.0. The number of benzene rings is 2. The van der Waals surface area contributed by atoms with Crippen LogP contribution in [0.4, 0.5) is 5.69 Å². The summed E-state index contributed by atoms with van der Waals surface area (Å²) in [4.78, 5) is 9.33. The molecule has 3 aromatic rings. The first-order valence-electron chi connectivity index (χ1n) is 9.76. The van der Waals surface area contributed by atoms with E-state index >= 15 is 0 Å². The molecule has 0 radical (unpaired) electrons. The van der Waals surface area contributed by atoms with Gasteiger partial charge in [-0.1, -0.05) is 61.4 Å². The lowest BCUT2D eigenvalue weighted by Gasteiger charge is -2.14. The lowest BCUT2D eigenvalue weighted by atomic mass is 10.1. The van der Waals surface area contributed by atoms with Gasteiger partial charge in [-0.05, 0) is 50.1 Å². The van der Waals surface area contributed by atoms with Crippen molar-refractivity contribution in [3.63, 3.8) is 0 Å². The number of aryl methyl sites for hydroxylation is 2. The number of aliphatic imine (C=N–C) groups is 1. The fourth-order valence-electron chi connectivity index (χ4n) is 2.91. The van der Waals surface area contributed by atoms with Gasteiger partial charge in [0.15, 0.2) is 0 Å². The Morgan fingerprint density at radius 2 is 1.79 bits per heavy atom. The lowest BCUT2D eigenvalue weighted by Crippen LogP contribution is -2.15. The molecule has 0 amide bonds. The molecule has 0 aliphatic rings. The molecule has 0 unspecified atom stereocenters. The normalized spacial score (nSPS) is 12.1. The Labute approximate surface area is 167 Å². The zero-order chi connectivity index (χ0) is 19.8. The molecule has 3 rings (SSSR count). The third-order valence-corrected chi connectivity index (χ3v) is 4.53. The second kappa shape index (κ2) is 9.65. The first-order chi connectivity index (χ1) is 13.7. The van der Waals surface area contributed by atoms with E-state index in [0.29, 0.717) is 0 Å². The van der Waals surface area contributed by atoms with Gasteiger partial charge in [-0.3, -0.25) is 4.98 Å². The molecule has 0 fully saturated rings. The SMILES string of the molecule is CCC/C=C(/N=C(Nc1ccc(C)cc1)c1ccccc1C)c1cccnc1. The molecule has 0 bridgehead atoms. The molecule has 1 aromatic heterocycles. The predicted molar refractivity (Wildman–Crippen MR) is 120 cm³/mol. The summed E-state index contributed by atoms with van der Waals surface area (Å²) in [6.07, 6.45) is 7.89. The number of nitrogens with one attached hydrogen (secondary N) is 1. The van der Waals surface area contributed by atoms with E-state index in [-0.39, 0.29) is 0 Å². The van der Waals surface area contributed by atoms with Crippen molar-refractivity contribution in [3.05, 3.63) is 101 Å². The van der Waals surface area contributed by atoms with Gasteiger partial charge in [0.1, 0.15) is 5.84 Å². The van der Waals surface area contributed by atoms with E-state index in [2.05, 4.69) is 85.7 Å². The minimum Gasteiger partial charge on any atom is -0.340 e. The number of allylic oxidation sites excluding steroid dienone is 1. The number of unbranched alkanes of at least 4 members (excludes halogenated alkanes) is 1. The number of aromatic nitrogens is 1. The molecule has 142 valence electrons. The highest BCUT2D eigenvalue weighted by Gasteiger charge is 2.10. The Bertz CT molecular complexity index is 955. The molecule has 0 aliphatic heterocycles. The van der Waals surface area contributed by atoms with E-state index in [1.165, 1.54) is 11.1 Å². The Balaban J connectivity index is 2.07. The van der Waals surface area contributed by atoms with E-state index in [1.54, 1.807) is 6.20 Å². The summed E-state index contributed by atoms with van der Waals surface area (Å²) >= 11 is 0. The number of anilines is 1. The van der Waals surface area contributed by atoms with Crippen LogP contribution in [0.5, 0.6) is 0 Å². The Morgan fingerprint density at radius 1 is 1.00 bits per heavy atom. The quantitative estimate of drug-likeness (QED) is 0.403. The first-order valence-corrected chi connectivity index (χ1v) is 9.76. The van der Waals surface area contributed by atoms with Gasteiger partial charge >= 0.3 is 0 Å². The summed E-state index contributed by atoms with van der Waals surface area (Å²) in [5.74, 6) is 0.841. The minimum atomic E-state index is 0.841. The number of amidine groups is 1. The van der Waals surface area contributed by atoms with Crippen LogP contribution in [0.3, 0.4) is 0 Å². The third-order valence-electron chi connectivity index (χ3n) is 4.53. The topological polar surface area (TPSA) is 37.3 Å². The molecule has 0 saturated carbocycles. The highest BCUT2D eigenvalue weighted by molar-refractivity contribution is 6.11. The second-order valence-electron chi connectivity index (χ2n) is 6.89. The molecule has 1 N–H and O–H groups in total. The average molecular weight is 370 g/mol. The van der Waals surface area contributed by atoms with Gasteiger partial charge in [-0.25, -0.2) is 4.99 Å². The van der Waals surface area contributed by atoms with E-state index in [0.717, 1.165) is 41.2 Å². The Morgan fingerprint density at radius 3 is 2.46 bits per heavy atom. The average Bonchev–Trinajstić information content (AvgIpc) is 2.73. The van der Waals surface area contributed by atoms with E-state index in [1.807, 2.05) is 18.3 Å². The van der Waals surface area contributed by atoms with Crippen LogP contribution >= 0.6 is 0 Å². The number of nitrogens with zero attached hydrogens (tertiary/aromatic N) is 2. The fraction of sp³-hybridized carbons (Fsp3) is 0.200. The smallest absolute Gasteiger partial charge is 0.138 e. The van der Waals surface area contributed by atoms with Gasteiger partial charge in [-0.15, -0.1) is 0 Å². The predicted octanol–water partition coefficient (Wildman–Crippen LogP) is 6.40. The van der Waals surface area contributed by atoms with Crippen LogP contribution in [-0.4, -0.2) is 10.8 Å². The molecule has 28 heavy (non-hydrogen) atoms. The van der Waals surface area contributed by atoms with Crippen LogP contribution < -0.4 is 5.32 Å². The molecule has 0 spiro atoms. The molecule has 3 nitrogen and oxygen atoms in total. The van der Waals surface area contributed by atoms with Crippen LogP contribution in [0, 0.1) is 13.8 Å². The minimum absolute atomic E-state index is 0.841. The highest BCUT2D eigenvalue weighted by Crippen LogP contribution is 2.21. The van der Waals surface area contributed by atoms with Crippen LogP contribution in [0.2, 0.25) is 0 Å². The van der Waals surface area contributed by atoms with Crippen LogP contribution in [-0.2, 0) is 0 Å². The molecule has 1 heterocycles. The van der Waals surface area contributed by atoms with Crippen molar-refractivity contribution < 1.29 is 0 Å². The van der Waals surface area contributed by atoms with Crippen molar-refractivity contribution in [3.8, 4) is 0 Å². The van der Waals surface area contributed by atoms with Crippen LogP contribution in [0.25, 0.3) is 5.70 Å². The van der Waals surface area contributed by atoms with Crippen molar-refractivity contribution in [1.82, 2.24) is 4.98 Å². The zero-order valence-electron chi connectivity index (χ0n) is 16.8. The number of hydrogen-bond acceptors (Lipinski definition) is 2. The molecule has 3 heteroatoms. The maximum Gasteiger partial charge on any atom is 0.138 e. The Hall–Kier alpha value is -3.20. The fourth-order valence-corrected chi connectivity index (χ4v) is 2.91. The van der Waals surface area contributed by atoms with Gasteiger partial charge in [0.2, 0.25) is 0 Å². The van der Waals surface area contributed by atoms with E-state index in [9.17, 15) is 0 Å². The monoisotopic (exact) mass is 369 g/mol. The third kappa shape index (κ3) is 5.17. The molecule has 0 aliphatic carbocycles. The van der Waals surface area contributed by atoms with Crippen molar-refractivity contribution >= 4 is 17.2 Å². The molecule has 2 aromatic carbocycles. The molecular weight excluding hydrogens is 342 g/mol. The number of pyridine rings is 1. The van der Waals surface area contributed by atoms with Gasteiger partial charge in [0.05, 0.1) is 5.70 Å². The van der Waals surface area contributed by atoms with Crippen molar-refractivity contribution in [2.75, 3.05) is 5.32 Å². The molecule has 0 atom stereocenters. The molecular formula is C25H27N3. The summed E-state index contributed by atoms with van der Waals surface area (Å²) in [7, 11) is 0. The van der Waals surface area contributed by atoms with Gasteiger partial charge in [0.25, 0.3) is 0 Å². The van der Waals surface area contributed by atoms with E-state index < -0.39 is 0 Å². The maximum atomic E-state index is 5.06. The van der Waals surface area contributed by atoms with Gasteiger partial charge in [0, 0.05) is 29.2 Å². The lowest BCUT2D eigenvalue weighted by molar-refractivity contribution is 0.958. The van der Waals surface area contributed by atoms with Crippen LogP contribution in [0.15, 0.2) is 84.1 Å². The summed E-state index contributed by atoms with van der Waals surface area (Å²) in [5.41, 5.74) is 6.49. The number of hydrogen-bond donors (Lipinski definition) is 1. The summed E-state index contributed by atoms with van der Waals surface area (Å²) < 4.78 is 0. The number of rotatable bonds is 6. The summed E-state index contributed by atoms with van der Waals surface area (Å²) in [6, 6.07) is 20.7. The summed E-state index contributed by atoms with van der Waals surface area (Å²) in [6.45, 7) is 6.38.